The summed E-state index contributed by atoms with van der Waals surface area (Å²) in [6, 6.07) is 35.2. The van der Waals surface area contributed by atoms with E-state index >= 15 is 0 Å². The lowest BCUT2D eigenvalue weighted by atomic mass is 9.68. The Morgan fingerprint density at radius 2 is 0.973 bits per heavy atom. The standard InChI is InChI=1S/C33H24N2S2/c1-21-13-15-29(36-21)23-17-27-31(34-19-23)32-28(18-24(20-35-32)30-16-14-22(2)37-30)33(27,25-9-5-3-6-10-25)26-11-7-4-8-12-26/h3-20H,1-2H3. The van der Waals surface area contributed by atoms with Crippen LogP contribution < -0.4 is 0 Å². The summed E-state index contributed by atoms with van der Waals surface area (Å²) in [4.78, 5) is 15.2. The van der Waals surface area contributed by atoms with E-state index in [1.165, 1.54) is 41.8 Å². The Bertz CT molecular complexity index is 1620. The number of aryl methyl sites for hydroxylation is 2. The van der Waals surface area contributed by atoms with Gasteiger partial charge in [0.1, 0.15) is 0 Å². The highest BCUT2D eigenvalue weighted by molar-refractivity contribution is 7.15. The lowest BCUT2D eigenvalue weighted by Crippen LogP contribution is -2.28. The molecule has 178 valence electrons. The summed E-state index contributed by atoms with van der Waals surface area (Å²) in [6.45, 7) is 4.31. The minimum absolute atomic E-state index is 0.516. The second-order valence-electron chi connectivity index (χ2n) is 9.54. The molecule has 37 heavy (non-hydrogen) atoms. The van der Waals surface area contributed by atoms with Gasteiger partial charge in [-0.25, -0.2) is 0 Å². The molecule has 4 heterocycles. The van der Waals surface area contributed by atoms with Crippen molar-refractivity contribution in [2.45, 2.75) is 19.3 Å². The molecule has 1 aliphatic carbocycles. The maximum absolute atomic E-state index is 5.09. The summed E-state index contributed by atoms with van der Waals surface area (Å²) < 4.78 is 0. The molecule has 0 unspecified atom stereocenters. The predicted octanol–water partition coefficient (Wildman–Crippen LogP) is 8.91. The zero-order chi connectivity index (χ0) is 25.0. The van der Waals surface area contributed by atoms with Crippen LogP contribution in [0.5, 0.6) is 0 Å². The van der Waals surface area contributed by atoms with E-state index in [1.54, 1.807) is 0 Å². The van der Waals surface area contributed by atoms with E-state index in [9.17, 15) is 0 Å². The van der Waals surface area contributed by atoms with Crippen molar-refractivity contribution in [1.82, 2.24) is 9.97 Å². The van der Waals surface area contributed by atoms with Crippen molar-refractivity contribution in [3.05, 3.63) is 141 Å². The molecule has 0 spiro atoms. The van der Waals surface area contributed by atoms with Crippen molar-refractivity contribution >= 4 is 22.7 Å². The highest BCUT2D eigenvalue weighted by Crippen LogP contribution is 2.56. The first kappa shape index (κ1) is 22.3. The van der Waals surface area contributed by atoms with Gasteiger partial charge in [-0.3, -0.25) is 9.97 Å². The molecule has 0 fully saturated rings. The molecule has 4 heteroatoms. The minimum Gasteiger partial charge on any atom is -0.254 e. The third-order valence-electron chi connectivity index (χ3n) is 7.27. The van der Waals surface area contributed by atoms with Crippen LogP contribution in [0.15, 0.2) is 109 Å². The van der Waals surface area contributed by atoms with Gasteiger partial charge in [-0.2, -0.15) is 0 Å². The van der Waals surface area contributed by atoms with Crippen molar-refractivity contribution in [2.75, 3.05) is 0 Å². The molecular weight excluding hydrogens is 489 g/mol. The SMILES string of the molecule is Cc1ccc(-c2cnc3c(c2)C(c2ccccc2)(c2ccccc2)c2cc(-c4ccc(C)s4)cnc2-3)s1. The van der Waals surface area contributed by atoms with E-state index in [0.717, 1.165) is 22.5 Å². The summed E-state index contributed by atoms with van der Waals surface area (Å²) in [5, 5.41) is 0. The number of fused-ring (bicyclic) bond motifs is 3. The number of nitrogens with zero attached hydrogens (tertiary/aromatic N) is 2. The molecule has 0 saturated heterocycles. The Morgan fingerprint density at radius 1 is 0.541 bits per heavy atom. The third-order valence-corrected chi connectivity index (χ3v) is 9.37. The van der Waals surface area contributed by atoms with Crippen molar-refractivity contribution in [3.63, 3.8) is 0 Å². The van der Waals surface area contributed by atoms with Crippen LogP contribution in [-0.2, 0) is 5.41 Å². The minimum atomic E-state index is -0.516. The first-order valence-corrected chi connectivity index (χ1v) is 14.0. The van der Waals surface area contributed by atoms with Gasteiger partial charge in [0.2, 0.25) is 0 Å². The number of thiophene rings is 2. The summed E-state index contributed by atoms with van der Waals surface area (Å²) in [6.07, 6.45) is 4.02. The van der Waals surface area contributed by atoms with Crippen molar-refractivity contribution < 1.29 is 0 Å². The fourth-order valence-corrected chi connectivity index (χ4v) is 7.33. The molecule has 7 rings (SSSR count). The molecule has 4 aromatic heterocycles. The Hall–Kier alpha value is -3.86. The fraction of sp³-hybridized carbons (Fsp3) is 0.0909. The third kappa shape index (κ3) is 3.44. The lowest BCUT2D eigenvalue weighted by Gasteiger charge is -2.33. The summed E-state index contributed by atoms with van der Waals surface area (Å²) >= 11 is 3.62. The number of benzene rings is 2. The van der Waals surface area contributed by atoms with Crippen molar-refractivity contribution in [1.29, 1.82) is 0 Å². The molecule has 0 aliphatic heterocycles. The zero-order valence-electron chi connectivity index (χ0n) is 20.6. The molecule has 0 N–H and O–H groups in total. The van der Waals surface area contributed by atoms with Crippen LogP contribution in [0.25, 0.3) is 32.3 Å². The van der Waals surface area contributed by atoms with Gasteiger partial charge in [0.15, 0.2) is 0 Å². The van der Waals surface area contributed by atoms with Gasteiger partial charge < -0.3 is 0 Å². The van der Waals surface area contributed by atoms with Crippen molar-refractivity contribution in [3.8, 4) is 32.3 Å². The average Bonchev–Trinajstić information content (AvgIpc) is 3.65. The van der Waals surface area contributed by atoms with E-state index in [4.69, 9.17) is 9.97 Å². The topological polar surface area (TPSA) is 25.8 Å². The summed E-state index contributed by atoms with van der Waals surface area (Å²) in [5.41, 5.74) is 8.54. The number of aromatic nitrogens is 2. The predicted molar refractivity (Wildman–Crippen MR) is 155 cm³/mol. The van der Waals surface area contributed by atoms with Gasteiger partial charge >= 0.3 is 0 Å². The molecule has 0 saturated carbocycles. The van der Waals surface area contributed by atoms with E-state index in [0.29, 0.717) is 0 Å². The van der Waals surface area contributed by atoms with E-state index in [-0.39, 0.29) is 0 Å². The molecule has 1 aliphatic rings. The Morgan fingerprint density at radius 3 is 1.35 bits per heavy atom. The number of hydrogen-bond donors (Lipinski definition) is 0. The van der Waals surface area contributed by atoms with Crippen LogP contribution in [0.2, 0.25) is 0 Å². The molecular formula is C33H24N2S2. The van der Waals surface area contributed by atoms with E-state index < -0.39 is 5.41 Å². The van der Waals surface area contributed by atoms with E-state index in [2.05, 4.69) is 111 Å². The quantitative estimate of drug-likeness (QED) is 0.235. The van der Waals surface area contributed by atoms with Crippen LogP contribution in [0.3, 0.4) is 0 Å². The maximum atomic E-state index is 5.09. The van der Waals surface area contributed by atoms with Crippen LogP contribution in [0.4, 0.5) is 0 Å². The highest BCUT2D eigenvalue weighted by Gasteiger charge is 2.48. The largest absolute Gasteiger partial charge is 0.254 e. The smallest absolute Gasteiger partial charge is 0.0937 e. The van der Waals surface area contributed by atoms with Gasteiger partial charge in [0.25, 0.3) is 0 Å². The van der Waals surface area contributed by atoms with Gasteiger partial charge in [-0.15, -0.1) is 22.7 Å². The van der Waals surface area contributed by atoms with Crippen LogP contribution >= 0.6 is 22.7 Å². The maximum Gasteiger partial charge on any atom is 0.0937 e. The second kappa shape index (κ2) is 8.62. The molecule has 0 amide bonds. The number of pyridine rings is 2. The molecule has 0 bridgehead atoms. The van der Waals surface area contributed by atoms with Crippen LogP contribution in [0.1, 0.15) is 32.0 Å². The second-order valence-corrected chi connectivity index (χ2v) is 12.1. The first-order valence-electron chi connectivity index (χ1n) is 12.4. The highest BCUT2D eigenvalue weighted by atomic mass is 32.1. The molecule has 2 nitrogen and oxygen atoms in total. The molecule has 2 aromatic carbocycles. The number of rotatable bonds is 4. The Kier molecular flexibility index (Phi) is 5.20. The summed E-state index contributed by atoms with van der Waals surface area (Å²) in [7, 11) is 0. The average molecular weight is 513 g/mol. The van der Waals surface area contributed by atoms with Gasteiger partial charge in [0.05, 0.1) is 16.8 Å². The van der Waals surface area contributed by atoms with Crippen LogP contribution in [-0.4, -0.2) is 9.97 Å². The summed E-state index contributed by atoms with van der Waals surface area (Å²) in [5.74, 6) is 0. The Labute approximate surface area is 225 Å². The molecule has 6 aromatic rings. The van der Waals surface area contributed by atoms with E-state index in [1.807, 2.05) is 35.1 Å². The van der Waals surface area contributed by atoms with Gasteiger partial charge in [-0.05, 0) is 61.4 Å². The molecule has 0 atom stereocenters. The molecule has 0 radical (unpaired) electrons. The van der Waals surface area contributed by atoms with Crippen molar-refractivity contribution in [2.24, 2.45) is 0 Å². The van der Waals surface area contributed by atoms with Crippen LogP contribution in [0, 0.1) is 13.8 Å². The Balaban J connectivity index is 1.58. The normalized spacial score (nSPS) is 13.4. The van der Waals surface area contributed by atoms with Gasteiger partial charge in [-0.1, -0.05) is 60.7 Å². The zero-order valence-corrected chi connectivity index (χ0v) is 22.2. The lowest BCUT2D eigenvalue weighted by molar-refractivity contribution is 0.765. The monoisotopic (exact) mass is 512 g/mol. The number of hydrogen-bond acceptors (Lipinski definition) is 4. The first-order chi connectivity index (χ1) is 18.1. The van der Waals surface area contributed by atoms with Gasteiger partial charge in [0, 0.05) is 54.2 Å². The fourth-order valence-electron chi connectivity index (χ4n) is 5.64.